The van der Waals surface area contributed by atoms with Crippen LogP contribution in [0, 0.1) is 6.92 Å². The summed E-state index contributed by atoms with van der Waals surface area (Å²) in [5, 5.41) is 7.24. The van der Waals surface area contributed by atoms with Gasteiger partial charge in [-0.2, -0.15) is 0 Å². The van der Waals surface area contributed by atoms with E-state index in [1.54, 1.807) is 23.5 Å². The predicted octanol–water partition coefficient (Wildman–Crippen LogP) is 3.61. The van der Waals surface area contributed by atoms with Gasteiger partial charge in [0.1, 0.15) is 10.6 Å². The summed E-state index contributed by atoms with van der Waals surface area (Å²) in [4.78, 5) is 22.7. The van der Waals surface area contributed by atoms with Gasteiger partial charge in [0.25, 0.3) is 5.91 Å². The number of benzene rings is 1. The number of thiophene rings is 1. The Morgan fingerprint density at radius 1 is 1.21 bits per heavy atom. The lowest BCUT2D eigenvalue weighted by Crippen LogP contribution is -2.34. The molecule has 0 fully saturated rings. The molecule has 28 heavy (non-hydrogen) atoms. The van der Waals surface area contributed by atoms with E-state index in [1.807, 2.05) is 25.1 Å². The highest BCUT2D eigenvalue weighted by atomic mass is 35.5. The fraction of sp³-hybridized carbons (Fsp3) is 0.316. The molecular weight excluding hydrogens is 400 g/mol. The van der Waals surface area contributed by atoms with Crippen LogP contribution >= 0.6 is 22.9 Å². The van der Waals surface area contributed by atoms with E-state index in [2.05, 4.69) is 20.6 Å². The summed E-state index contributed by atoms with van der Waals surface area (Å²) in [5.74, 6) is 0.517. The minimum absolute atomic E-state index is 0.184. The largest absolute Gasteiger partial charge is 0.365 e. The molecule has 0 aliphatic carbocycles. The average molecular weight is 421 g/mol. The topological polar surface area (TPSA) is 85.4 Å². The lowest BCUT2D eigenvalue weighted by atomic mass is 10.1. The number of fused-ring (bicyclic) bond motifs is 1. The van der Waals surface area contributed by atoms with Crippen LogP contribution in [0.4, 0.5) is 5.82 Å². The maximum absolute atomic E-state index is 12.2. The van der Waals surface area contributed by atoms with Gasteiger partial charge in [0.05, 0.1) is 11.9 Å². The number of anilines is 1. The molecule has 0 aliphatic rings. The minimum Gasteiger partial charge on any atom is -0.365 e. The zero-order valence-corrected chi connectivity index (χ0v) is 17.4. The molecule has 2 N–H and O–H groups in total. The molecule has 2 heterocycles. The predicted molar refractivity (Wildman–Crippen MR) is 111 cm³/mol. The molecule has 0 unspecified atom stereocenters. The Kier molecular flexibility index (Phi) is 6.79. The Labute approximate surface area is 172 Å². The summed E-state index contributed by atoms with van der Waals surface area (Å²) < 4.78 is 10.1. The van der Waals surface area contributed by atoms with Gasteiger partial charge in [-0.05, 0) is 42.3 Å². The van der Waals surface area contributed by atoms with Crippen molar-refractivity contribution in [3.63, 3.8) is 0 Å². The molecule has 1 amide bonds. The van der Waals surface area contributed by atoms with Crippen molar-refractivity contribution in [2.45, 2.75) is 19.8 Å². The van der Waals surface area contributed by atoms with Crippen LogP contribution in [0.1, 0.15) is 20.8 Å². The number of amides is 1. The third-order valence-corrected chi connectivity index (χ3v) is 5.23. The summed E-state index contributed by atoms with van der Waals surface area (Å²) in [6, 6.07) is 9.38. The molecule has 0 atom stereocenters. The number of carbonyl (C=O) groups is 1. The fourth-order valence-electron chi connectivity index (χ4n) is 2.65. The Morgan fingerprint density at radius 3 is 2.61 bits per heavy atom. The summed E-state index contributed by atoms with van der Waals surface area (Å²) in [5.41, 5.74) is 1.58. The van der Waals surface area contributed by atoms with Crippen LogP contribution in [0.2, 0.25) is 5.28 Å². The monoisotopic (exact) mass is 420 g/mol. The van der Waals surface area contributed by atoms with Gasteiger partial charge in [-0.25, -0.2) is 9.97 Å². The highest BCUT2D eigenvalue weighted by molar-refractivity contribution is 7.18. The average Bonchev–Trinajstić information content (AvgIpc) is 3.07. The second-order valence-corrected chi connectivity index (χ2v) is 7.65. The van der Waals surface area contributed by atoms with Crippen molar-refractivity contribution in [3.8, 4) is 0 Å². The molecule has 9 heteroatoms. The second kappa shape index (κ2) is 9.29. The van der Waals surface area contributed by atoms with Crippen molar-refractivity contribution in [1.29, 1.82) is 0 Å². The van der Waals surface area contributed by atoms with Crippen LogP contribution in [-0.4, -0.2) is 42.9 Å². The molecule has 0 saturated heterocycles. The van der Waals surface area contributed by atoms with Crippen LogP contribution in [0.5, 0.6) is 0 Å². The summed E-state index contributed by atoms with van der Waals surface area (Å²) in [6.07, 6.45) is -0.468. The number of nitrogens with one attached hydrogen (secondary N) is 2. The van der Waals surface area contributed by atoms with Gasteiger partial charge in [-0.3, -0.25) is 4.79 Å². The minimum atomic E-state index is -0.468. The molecule has 0 radical (unpaired) electrons. The molecule has 148 valence electrons. The number of aryl methyl sites for hydroxylation is 1. The van der Waals surface area contributed by atoms with E-state index in [-0.39, 0.29) is 17.7 Å². The third-order valence-electron chi connectivity index (χ3n) is 4.12. The van der Waals surface area contributed by atoms with Crippen LogP contribution in [-0.2, 0) is 16.0 Å². The number of carbonyl (C=O) groups excluding carboxylic acids is 1. The van der Waals surface area contributed by atoms with Gasteiger partial charge in [-0.15, -0.1) is 11.3 Å². The number of hydrogen-bond acceptors (Lipinski definition) is 7. The number of halogens is 1. The van der Waals surface area contributed by atoms with Gasteiger partial charge in [0.2, 0.25) is 5.28 Å². The first kappa shape index (κ1) is 20.5. The summed E-state index contributed by atoms with van der Waals surface area (Å²) in [7, 11) is 3.05. The van der Waals surface area contributed by atoms with Gasteiger partial charge in [0, 0.05) is 31.2 Å². The number of rotatable bonds is 8. The Morgan fingerprint density at radius 2 is 1.93 bits per heavy atom. The molecule has 0 saturated carbocycles. The SMILES string of the molecule is COC(CNC(=O)c1ccc(CNc2nc(Cl)nc3sc(C)cc23)cc1)OC. The Balaban J connectivity index is 1.63. The van der Waals surface area contributed by atoms with E-state index in [0.29, 0.717) is 17.9 Å². The number of aromatic nitrogens is 2. The maximum atomic E-state index is 12.2. The van der Waals surface area contributed by atoms with Crippen molar-refractivity contribution in [3.05, 3.63) is 51.6 Å². The quantitative estimate of drug-likeness (QED) is 0.427. The van der Waals surface area contributed by atoms with Crippen LogP contribution in [0.3, 0.4) is 0 Å². The van der Waals surface area contributed by atoms with Crippen molar-refractivity contribution in [2.75, 3.05) is 26.1 Å². The van der Waals surface area contributed by atoms with Gasteiger partial charge in [-0.1, -0.05) is 12.1 Å². The molecule has 7 nitrogen and oxygen atoms in total. The normalized spacial score (nSPS) is 11.2. The first-order valence-corrected chi connectivity index (χ1v) is 9.80. The standard InChI is InChI=1S/C19H21ClN4O3S/c1-11-8-14-16(23-19(20)24-18(14)28-11)21-9-12-4-6-13(7-5-12)17(25)22-10-15(26-2)27-3/h4-8,15H,9-10H2,1-3H3,(H,22,25)(H,21,23,24). The molecule has 0 bridgehead atoms. The van der Waals surface area contributed by atoms with Crippen LogP contribution < -0.4 is 10.6 Å². The Hall–Kier alpha value is -2.26. The van der Waals surface area contributed by atoms with Crippen molar-refractivity contribution in [2.24, 2.45) is 0 Å². The highest BCUT2D eigenvalue weighted by Gasteiger charge is 2.11. The first-order valence-electron chi connectivity index (χ1n) is 8.60. The zero-order chi connectivity index (χ0) is 20.1. The summed E-state index contributed by atoms with van der Waals surface area (Å²) >= 11 is 7.60. The van der Waals surface area contributed by atoms with Crippen molar-refractivity contribution < 1.29 is 14.3 Å². The Bertz CT molecular complexity index is 958. The highest BCUT2D eigenvalue weighted by Crippen LogP contribution is 2.29. The van der Waals surface area contributed by atoms with Crippen molar-refractivity contribution in [1.82, 2.24) is 15.3 Å². The number of nitrogens with zero attached hydrogens (tertiary/aromatic N) is 2. The smallest absolute Gasteiger partial charge is 0.251 e. The van der Waals surface area contributed by atoms with E-state index in [0.717, 1.165) is 20.7 Å². The fourth-order valence-corrected chi connectivity index (χ4v) is 3.75. The number of ether oxygens (including phenoxy) is 2. The molecule has 1 aromatic carbocycles. The molecule has 3 aromatic rings. The number of hydrogen-bond donors (Lipinski definition) is 2. The second-order valence-electron chi connectivity index (χ2n) is 6.08. The van der Waals surface area contributed by atoms with E-state index < -0.39 is 6.29 Å². The lowest BCUT2D eigenvalue weighted by molar-refractivity contribution is -0.0974. The molecular formula is C19H21ClN4O3S. The lowest BCUT2D eigenvalue weighted by Gasteiger charge is -2.14. The van der Waals surface area contributed by atoms with Gasteiger partial charge in [0.15, 0.2) is 6.29 Å². The van der Waals surface area contributed by atoms with Crippen LogP contribution in [0.15, 0.2) is 30.3 Å². The maximum Gasteiger partial charge on any atom is 0.251 e. The van der Waals surface area contributed by atoms with E-state index in [1.165, 1.54) is 14.2 Å². The van der Waals surface area contributed by atoms with Gasteiger partial charge < -0.3 is 20.1 Å². The van der Waals surface area contributed by atoms with E-state index >= 15 is 0 Å². The molecule has 3 rings (SSSR count). The van der Waals surface area contributed by atoms with E-state index in [4.69, 9.17) is 21.1 Å². The number of methoxy groups -OCH3 is 2. The summed E-state index contributed by atoms with van der Waals surface area (Å²) in [6.45, 7) is 2.85. The third kappa shape index (κ3) is 4.96. The first-order chi connectivity index (χ1) is 13.5. The van der Waals surface area contributed by atoms with Crippen LogP contribution in [0.25, 0.3) is 10.2 Å². The van der Waals surface area contributed by atoms with Gasteiger partial charge >= 0.3 is 0 Å². The van der Waals surface area contributed by atoms with Crippen molar-refractivity contribution >= 4 is 44.9 Å². The zero-order valence-electron chi connectivity index (χ0n) is 15.8. The molecule has 2 aromatic heterocycles. The molecule has 0 aliphatic heterocycles. The molecule has 0 spiro atoms. The van der Waals surface area contributed by atoms with E-state index in [9.17, 15) is 4.79 Å².